The van der Waals surface area contributed by atoms with Gasteiger partial charge in [0.1, 0.15) is 27.4 Å². The first-order valence-corrected chi connectivity index (χ1v) is 11.7. The summed E-state index contributed by atoms with van der Waals surface area (Å²) in [6.45, 7) is 0.554. The number of hydrogen-bond acceptors (Lipinski definition) is 7. The average Bonchev–Trinajstić information content (AvgIpc) is 3.21. The Morgan fingerprint density at radius 2 is 1.85 bits per heavy atom. The molecule has 0 unspecified atom stereocenters. The molecule has 1 aliphatic heterocycles. The van der Waals surface area contributed by atoms with Crippen LogP contribution in [0.25, 0.3) is 11.0 Å². The first kappa shape index (κ1) is 24.2. The van der Waals surface area contributed by atoms with Gasteiger partial charge < -0.3 is 14.9 Å². The summed E-state index contributed by atoms with van der Waals surface area (Å²) in [6.07, 6.45) is 1.01. The van der Waals surface area contributed by atoms with E-state index in [0.717, 1.165) is 22.0 Å². The lowest BCUT2D eigenvalue weighted by atomic mass is 9.85. The van der Waals surface area contributed by atoms with Crippen molar-refractivity contribution in [3.05, 3.63) is 57.3 Å². The number of nitrogens with zero attached hydrogens (tertiary/aromatic N) is 4. The van der Waals surface area contributed by atoms with Crippen LogP contribution in [0.2, 0.25) is 5.02 Å². The maximum Gasteiger partial charge on any atom is 0.295 e. The molecule has 11 heteroatoms. The van der Waals surface area contributed by atoms with E-state index < -0.39 is 23.2 Å². The van der Waals surface area contributed by atoms with E-state index in [1.54, 1.807) is 17.0 Å². The van der Waals surface area contributed by atoms with Crippen LogP contribution in [0, 0.1) is 5.82 Å². The summed E-state index contributed by atoms with van der Waals surface area (Å²) < 4.78 is 17.3. The van der Waals surface area contributed by atoms with E-state index in [1.165, 1.54) is 32.3 Å². The SMILES string of the molecule is CN(C)C(=O)C(=O)c1snc2cc(Cl)c(C(=O)N3CCC(O)(Cc4ccc(F)cc4)CC3)nc12. The predicted octanol–water partition coefficient (Wildman–Crippen LogP) is 2.96. The summed E-state index contributed by atoms with van der Waals surface area (Å²) in [5, 5.41) is 11.1. The van der Waals surface area contributed by atoms with E-state index in [1.807, 2.05) is 0 Å². The van der Waals surface area contributed by atoms with Crippen LogP contribution in [0.4, 0.5) is 4.39 Å². The zero-order valence-corrected chi connectivity index (χ0v) is 20.1. The minimum absolute atomic E-state index is 0.0373. The number of piperidine rings is 1. The Morgan fingerprint density at radius 1 is 1.21 bits per heavy atom. The van der Waals surface area contributed by atoms with Crippen LogP contribution in [-0.2, 0) is 11.2 Å². The number of amides is 2. The highest BCUT2D eigenvalue weighted by molar-refractivity contribution is 7.10. The Bertz CT molecular complexity index is 1270. The third-order valence-corrected chi connectivity index (χ3v) is 6.98. The summed E-state index contributed by atoms with van der Waals surface area (Å²) in [5.41, 5.74) is 0.244. The third-order valence-electron chi connectivity index (χ3n) is 5.84. The van der Waals surface area contributed by atoms with Crippen molar-refractivity contribution in [3.8, 4) is 0 Å². The molecule has 178 valence electrons. The molecule has 0 saturated carbocycles. The number of benzene rings is 1. The van der Waals surface area contributed by atoms with Crippen LogP contribution < -0.4 is 0 Å². The summed E-state index contributed by atoms with van der Waals surface area (Å²) >= 11 is 7.14. The second-order valence-corrected chi connectivity index (χ2v) is 9.73. The summed E-state index contributed by atoms with van der Waals surface area (Å²) in [4.78, 5) is 44.9. The largest absolute Gasteiger partial charge is 0.389 e. The number of hydrogen-bond donors (Lipinski definition) is 1. The van der Waals surface area contributed by atoms with Crippen molar-refractivity contribution in [1.29, 1.82) is 0 Å². The molecule has 0 spiro atoms. The molecule has 1 aliphatic rings. The van der Waals surface area contributed by atoms with Gasteiger partial charge in [-0.15, -0.1) is 0 Å². The Labute approximate surface area is 204 Å². The fraction of sp³-hybridized carbons (Fsp3) is 0.348. The Hall–Kier alpha value is -2.95. The fourth-order valence-corrected chi connectivity index (χ4v) is 4.85. The number of aromatic nitrogens is 2. The lowest BCUT2D eigenvalue weighted by Gasteiger charge is -2.38. The lowest BCUT2D eigenvalue weighted by Crippen LogP contribution is -2.48. The van der Waals surface area contributed by atoms with Crippen molar-refractivity contribution in [2.45, 2.75) is 24.9 Å². The minimum Gasteiger partial charge on any atom is -0.389 e. The van der Waals surface area contributed by atoms with Gasteiger partial charge in [0.25, 0.3) is 17.6 Å². The molecule has 3 heterocycles. The Kier molecular flexibility index (Phi) is 6.66. The molecule has 1 N–H and O–H groups in total. The fourth-order valence-electron chi connectivity index (χ4n) is 3.89. The monoisotopic (exact) mass is 504 g/mol. The van der Waals surface area contributed by atoms with Gasteiger partial charge in [0.15, 0.2) is 0 Å². The molecule has 1 saturated heterocycles. The number of carbonyl (C=O) groups is 3. The molecular formula is C23H22ClFN4O4S. The highest BCUT2D eigenvalue weighted by atomic mass is 35.5. The first-order chi connectivity index (χ1) is 16.1. The predicted molar refractivity (Wildman–Crippen MR) is 126 cm³/mol. The maximum atomic E-state index is 13.2. The maximum absolute atomic E-state index is 13.2. The number of ketones is 1. The minimum atomic E-state index is -1.01. The normalized spacial score (nSPS) is 15.4. The van der Waals surface area contributed by atoms with Crippen LogP contribution in [0.3, 0.4) is 0 Å². The molecule has 0 aliphatic carbocycles. The topological polar surface area (TPSA) is 104 Å². The van der Waals surface area contributed by atoms with Crippen molar-refractivity contribution in [2.75, 3.05) is 27.2 Å². The molecule has 1 aromatic carbocycles. The van der Waals surface area contributed by atoms with Crippen molar-refractivity contribution < 1.29 is 23.9 Å². The van der Waals surface area contributed by atoms with Crippen LogP contribution in [0.5, 0.6) is 0 Å². The number of likely N-dealkylation sites (tertiary alicyclic amines) is 1. The Balaban J connectivity index is 1.52. The number of pyridine rings is 1. The van der Waals surface area contributed by atoms with Crippen LogP contribution in [0.15, 0.2) is 30.3 Å². The third kappa shape index (κ3) is 4.79. The lowest BCUT2D eigenvalue weighted by molar-refractivity contribution is -0.124. The van der Waals surface area contributed by atoms with Crippen LogP contribution >= 0.6 is 23.1 Å². The number of likely N-dealkylation sites (N-methyl/N-ethyl adjacent to an activating group) is 1. The molecule has 1 fully saturated rings. The number of halogens is 2. The summed E-state index contributed by atoms with van der Waals surface area (Å²) in [5.74, 6) is -2.24. The zero-order valence-electron chi connectivity index (χ0n) is 18.5. The number of aliphatic hydroxyl groups is 1. The summed E-state index contributed by atoms with van der Waals surface area (Å²) in [6, 6.07) is 7.44. The average molecular weight is 505 g/mol. The first-order valence-electron chi connectivity index (χ1n) is 10.6. The van der Waals surface area contributed by atoms with E-state index in [9.17, 15) is 23.9 Å². The van der Waals surface area contributed by atoms with Crippen molar-refractivity contribution in [2.24, 2.45) is 0 Å². The molecule has 3 aromatic rings. The van der Waals surface area contributed by atoms with Gasteiger partial charge in [0.05, 0.1) is 10.6 Å². The van der Waals surface area contributed by atoms with Gasteiger partial charge in [-0.05, 0) is 48.1 Å². The number of rotatable bonds is 5. The van der Waals surface area contributed by atoms with Gasteiger partial charge in [-0.2, -0.15) is 4.37 Å². The number of Topliss-reactive ketones (excluding diaryl/α,β-unsaturated/α-hetero) is 1. The molecule has 2 amide bonds. The second-order valence-electron chi connectivity index (χ2n) is 8.55. The molecule has 8 nitrogen and oxygen atoms in total. The van der Waals surface area contributed by atoms with Crippen LogP contribution in [0.1, 0.15) is 38.6 Å². The highest BCUT2D eigenvalue weighted by Crippen LogP contribution is 2.30. The quantitative estimate of drug-likeness (QED) is 0.423. The zero-order chi connectivity index (χ0) is 24.6. The van der Waals surface area contributed by atoms with Crippen molar-refractivity contribution >= 4 is 51.8 Å². The van der Waals surface area contributed by atoms with E-state index in [-0.39, 0.29) is 40.0 Å². The molecule has 4 rings (SSSR count). The molecule has 0 radical (unpaired) electrons. The molecule has 2 aromatic heterocycles. The van der Waals surface area contributed by atoms with Gasteiger partial charge in [-0.3, -0.25) is 14.4 Å². The van der Waals surface area contributed by atoms with Gasteiger partial charge in [-0.1, -0.05) is 23.7 Å². The van der Waals surface area contributed by atoms with Crippen molar-refractivity contribution in [3.63, 3.8) is 0 Å². The van der Waals surface area contributed by atoms with E-state index in [4.69, 9.17) is 11.6 Å². The standard InChI is InChI=1S/C23H22ClFN4O4S/c1-28(2)22(32)19(30)20-18-16(27-34-20)11-15(24)17(26-18)21(31)29-9-7-23(33,8-10-29)12-13-3-5-14(25)6-4-13/h3-6,11,33H,7-10,12H2,1-2H3. The van der Waals surface area contributed by atoms with Gasteiger partial charge in [0.2, 0.25) is 0 Å². The summed E-state index contributed by atoms with van der Waals surface area (Å²) in [7, 11) is 2.94. The van der Waals surface area contributed by atoms with Crippen LogP contribution in [-0.4, -0.2) is 74.6 Å². The smallest absolute Gasteiger partial charge is 0.295 e. The van der Waals surface area contributed by atoms with E-state index >= 15 is 0 Å². The van der Waals surface area contributed by atoms with E-state index in [0.29, 0.717) is 24.8 Å². The Morgan fingerprint density at radius 3 is 2.47 bits per heavy atom. The van der Waals surface area contributed by atoms with Gasteiger partial charge in [0, 0.05) is 33.6 Å². The highest BCUT2D eigenvalue weighted by Gasteiger charge is 2.35. The molecule has 0 atom stereocenters. The van der Waals surface area contributed by atoms with Gasteiger partial charge >= 0.3 is 0 Å². The van der Waals surface area contributed by atoms with Gasteiger partial charge in [-0.25, -0.2) is 9.37 Å². The van der Waals surface area contributed by atoms with Crippen molar-refractivity contribution in [1.82, 2.24) is 19.2 Å². The van der Waals surface area contributed by atoms with E-state index in [2.05, 4.69) is 9.36 Å². The molecule has 34 heavy (non-hydrogen) atoms. The molecule has 0 bridgehead atoms. The number of fused-ring (bicyclic) bond motifs is 1. The number of carbonyl (C=O) groups excluding carboxylic acids is 3. The molecular weight excluding hydrogens is 483 g/mol. The second kappa shape index (κ2) is 9.36.